The molecule has 0 aliphatic carbocycles. The molecule has 1 heterocycles. The van der Waals surface area contributed by atoms with Crippen molar-refractivity contribution in [2.45, 2.75) is 26.1 Å². The number of hydrogen-bond acceptors (Lipinski definition) is 4. The van der Waals surface area contributed by atoms with Crippen molar-refractivity contribution >= 4 is 11.6 Å². The predicted octanol–water partition coefficient (Wildman–Crippen LogP) is 2.34. The summed E-state index contributed by atoms with van der Waals surface area (Å²) in [5, 5.41) is 12.1. The van der Waals surface area contributed by atoms with Crippen LogP contribution in [0.2, 0.25) is 5.02 Å². The minimum atomic E-state index is 0.336. The van der Waals surface area contributed by atoms with Gasteiger partial charge in [-0.15, -0.1) is 5.10 Å². The highest BCUT2D eigenvalue weighted by atomic mass is 35.5. The van der Waals surface area contributed by atoms with Crippen molar-refractivity contribution in [3.63, 3.8) is 0 Å². The average molecular weight is 308 g/mol. The van der Waals surface area contributed by atoms with E-state index in [-0.39, 0.29) is 0 Å². The minimum absolute atomic E-state index is 0.336. The summed E-state index contributed by atoms with van der Waals surface area (Å²) in [5.74, 6) is 0. The van der Waals surface area contributed by atoms with Gasteiger partial charge in [0.25, 0.3) is 0 Å². The average Bonchev–Trinajstić information content (AvgIpc) is 2.93. The summed E-state index contributed by atoms with van der Waals surface area (Å²) in [6.45, 7) is 4.67. The van der Waals surface area contributed by atoms with Crippen molar-refractivity contribution in [2.75, 3.05) is 20.6 Å². The number of benzene rings is 1. The lowest BCUT2D eigenvalue weighted by atomic mass is 10.1. The topological polar surface area (TPSA) is 46.0 Å². The van der Waals surface area contributed by atoms with Gasteiger partial charge in [-0.25, -0.2) is 0 Å². The fraction of sp³-hybridized carbons (Fsp3) is 0.467. The standard InChI is InChI=1S/C15H22ClN5/c1-12(13-4-6-14(16)7-5-13)20(3)8-9-21-11-15(10-17-2)18-19-21/h4-7,11-12,17H,8-10H2,1-3H3. The monoisotopic (exact) mass is 307 g/mol. The molecule has 1 aromatic heterocycles. The van der Waals surface area contributed by atoms with Gasteiger partial charge in [-0.2, -0.15) is 0 Å². The van der Waals surface area contributed by atoms with E-state index in [1.54, 1.807) is 0 Å². The zero-order chi connectivity index (χ0) is 15.2. The Morgan fingerprint density at radius 3 is 2.71 bits per heavy atom. The van der Waals surface area contributed by atoms with Gasteiger partial charge >= 0.3 is 0 Å². The third-order valence-electron chi connectivity index (χ3n) is 3.64. The number of halogens is 1. The second kappa shape index (κ2) is 7.54. The number of hydrogen-bond donors (Lipinski definition) is 1. The van der Waals surface area contributed by atoms with Crippen LogP contribution in [0.5, 0.6) is 0 Å². The highest BCUT2D eigenvalue weighted by Crippen LogP contribution is 2.20. The van der Waals surface area contributed by atoms with Crippen LogP contribution in [0.4, 0.5) is 0 Å². The molecule has 0 saturated heterocycles. The Hall–Kier alpha value is -1.43. The van der Waals surface area contributed by atoms with Crippen molar-refractivity contribution in [1.82, 2.24) is 25.2 Å². The van der Waals surface area contributed by atoms with Crippen molar-refractivity contribution in [3.8, 4) is 0 Å². The van der Waals surface area contributed by atoms with Gasteiger partial charge in [-0.3, -0.25) is 9.58 Å². The number of rotatable bonds is 7. The zero-order valence-corrected chi connectivity index (χ0v) is 13.5. The van der Waals surface area contributed by atoms with Crippen LogP contribution >= 0.6 is 11.6 Å². The molecule has 114 valence electrons. The van der Waals surface area contributed by atoms with Gasteiger partial charge in [0, 0.05) is 30.4 Å². The second-order valence-electron chi connectivity index (χ2n) is 5.21. The largest absolute Gasteiger partial charge is 0.314 e. The molecule has 0 fully saturated rings. The molecule has 0 bridgehead atoms. The summed E-state index contributed by atoms with van der Waals surface area (Å²) in [5.41, 5.74) is 2.22. The van der Waals surface area contributed by atoms with Crippen molar-refractivity contribution in [1.29, 1.82) is 0 Å². The summed E-state index contributed by atoms with van der Waals surface area (Å²) in [6, 6.07) is 8.35. The van der Waals surface area contributed by atoms with Crippen LogP contribution in [0.15, 0.2) is 30.5 Å². The Labute approximate surface area is 130 Å². The quantitative estimate of drug-likeness (QED) is 0.853. The molecule has 0 aliphatic rings. The Balaban J connectivity index is 1.88. The van der Waals surface area contributed by atoms with Gasteiger partial charge in [0.15, 0.2) is 0 Å². The van der Waals surface area contributed by atoms with Crippen molar-refractivity contribution < 1.29 is 0 Å². The van der Waals surface area contributed by atoms with Crippen LogP contribution in [0, 0.1) is 0 Å². The molecule has 0 aliphatic heterocycles. The Morgan fingerprint density at radius 2 is 2.05 bits per heavy atom. The van der Waals surface area contributed by atoms with Crippen LogP contribution in [-0.2, 0) is 13.1 Å². The van der Waals surface area contributed by atoms with Gasteiger partial charge in [0.2, 0.25) is 0 Å². The van der Waals surface area contributed by atoms with Crippen LogP contribution in [-0.4, -0.2) is 40.5 Å². The maximum Gasteiger partial charge on any atom is 0.0964 e. The molecule has 5 nitrogen and oxygen atoms in total. The molecule has 6 heteroatoms. The first-order chi connectivity index (χ1) is 10.1. The van der Waals surface area contributed by atoms with Crippen LogP contribution in [0.1, 0.15) is 24.2 Å². The molecule has 21 heavy (non-hydrogen) atoms. The van der Waals surface area contributed by atoms with E-state index in [9.17, 15) is 0 Å². The van der Waals surface area contributed by atoms with E-state index >= 15 is 0 Å². The zero-order valence-electron chi connectivity index (χ0n) is 12.8. The highest BCUT2D eigenvalue weighted by Gasteiger charge is 2.11. The molecule has 2 rings (SSSR count). The van der Waals surface area contributed by atoms with Gasteiger partial charge in [0.1, 0.15) is 0 Å². The molecular formula is C15H22ClN5. The van der Waals surface area contributed by atoms with E-state index in [0.29, 0.717) is 6.04 Å². The maximum atomic E-state index is 5.93. The van der Waals surface area contributed by atoms with Crippen LogP contribution in [0.3, 0.4) is 0 Å². The molecule has 1 atom stereocenters. The van der Waals surface area contributed by atoms with Gasteiger partial charge < -0.3 is 5.32 Å². The van der Waals surface area contributed by atoms with Crippen molar-refractivity contribution in [3.05, 3.63) is 46.7 Å². The van der Waals surface area contributed by atoms with E-state index in [4.69, 9.17) is 11.6 Å². The van der Waals surface area contributed by atoms with Gasteiger partial charge in [-0.05, 0) is 38.7 Å². The van der Waals surface area contributed by atoms with Crippen LogP contribution in [0.25, 0.3) is 0 Å². The second-order valence-corrected chi connectivity index (χ2v) is 5.65. The normalized spacial score (nSPS) is 12.8. The molecule has 0 saturated carbocycles. The molecular weight excluding hydrogens is 286 g/mol. The summed E-state index contributed by atoms with van der Waals surface area (Å²) >= 11 is 5.93. The Kier molecular flexibility index (Phi) is 5.73. The SMILES string of the molecule is CNCc1cn(CCN(C)C(C)c2ccc(Cl)cc2)nn1. The molecule has 2 aromatic rings. The summed E-state index contributed by atoms with van der Waals surface area (Å²) in [4.78, 5) is 2.29. The third kappa shape index (κ3) is 4.52. The molecule has 1 aromatic carbocycles. The number of likely N-dealkylation sites (N-methyl/N-ethyl adjacent to an activating group) is 1. The fourth-order valence-corrected chi connectivity index (χ4v) is 2.29. The van der Waals surface area contributed by atoms with Crippen molar-refractivity contribution in [2.24, 2.45) is 0 Å². The van der Waals surface area contributed by atoms with Gasteiger partial charge in [0.05, 0.1) is 12.2 Å². The minimum Gasteiger partial charge on any atom is -0.314 e. The van der Waals surface area contributed by atoms with E-state index in [1.807, 2.05) is 30.1 Å². The van der Waals surface area contributed by atoms with Gasteiger partial charge in [-0.1, -0.05) is 28.9 Å². The number of nitrogens with one attached hydrogen (secondary N) is 1. The van der Waals surface area contributed by atoms with Crippen LogP contribution < -0.4 is 5.32 Å². The predicted molar refractivity (Wildman–Crippen MR) is 85.3 cm³/mol. The first-order valence-electron chi connectivity index (χ1n) is 7.09. The molecule has 0 amide bonds. The summed E-state index contributed by atoms with van der Waals surface area (Å²) in [6.07, 6.45) is 1.98. The molecule has 0 radical (unpaired) electrons. The maximum absolute atomic E-state index is 5.93. The third-order valence-corrected chi connectivity index (χ3v) is 3.89. The lowest BCUT2D eigenvalue weighted by Gasteiger charge is -2.25. The van der Waals surface area contributed by atoms with E-state index < -0.39 is 0 Å². The lowest BCUT2D eigenvalue weighted by molar-refractivity contribution is 0.246. The van der Waals surface area contributed by atoms with E-state index in [2.05, 4.69) is 46.6 Å². The van der Waals surface area contributed by atoms with E-state index in [1.165, 1.54) is 5.56 Å². The van der Waals surface area contributed by atoms with E-state index in [0.717, 1.165) is 30.4 Å². The fourth-order valence-electron chi connectivity index (χ4n) is 2.16. The Morgan fingerprint density at radius 1 is 1.33 bits per heavy atom. The molecule has 1 N–H and O–H groups in total. The molecule has 0 spiro atoms. The first kappa shape index (κ1) is 15.9. The Bertz CT molecular complexity index is 551. The summed E-state index contributed by atoms with van der Waals surface area (Å²) < 4.78 is 1.89. The lowest BCUT2D eigenvalue weighted by Crippen LogP contribution is -2.26. The number of aromatic nitrogens is 3. The first-order valence-corrected chi connectivity index (χ1v) is 7.47. The summed E-state index contributed by atoms with van der Waals surface area (Å²) in [7, 11) is 4.02. The molecule has 1 unspecified atom stereocenters. The highest BCUT2D eigenvalue weighted by molar-refractivity contribution is 6.30. The number of nitrogens with zero attached hydrogens (tertiary/aromatic N) is 4. The smallest absolute Gasteiger partial charge is 0.0964 e.